The molecule has 2 heterocycles. The highest BCUT2D eigenvalue weighted by molar-refractivity contribution is 5.74. The normalized spacial score (nSPS) is 17.6. The van der Waals surface area contributed by atoms with Gasteiger partial charge in [0.25, 0.3) is 0 Å². The number of hydrogen-bond acceptors (Lipinski definition) is 2. The molecule has 0 bridgehead atoms. The lowest BCUT2D eigenvalue weighted by atomic mass is 10.1. The van der Waals surface area contributed by atoms with Gasteiger partial charge in [-0.1, -0.05) is 6.07 Å². The zero-order valence-corrected chi connectivity index (χ0v) is 14.2. The molecule has 0 spiro atoms. The average molecular weight is 348 g/mol. The van der Waals surface area contributed by atoms with Gasteiger partial charge in [0.15, 0.2) is 11.6 Å². The highest BCUT2D eigenvalue weighted by Crippen LogP contribution is 2.21. The van der Waals surface area contributed by atoms with Crippen molar-refractivity contribution in [3.05, 3.63) is 53.4 Å². The number of aromatic nitrogens is 2. The predicted octanol–water partition coefficient (Wildman–Crippen LogP) is 3.06. The summed E-state index contributed by atoms with van der Waals surface area (Å²) in [4.78, 5) is 14.1. The van der Waals surface area contributed by atoms with Crippen LogP contribution in [-0.2, 0) is 6.42 Å². The fourth-order valence-corrected chi connectivity index (χ4v) is 3.11. The summed E-state index contributed by atoms with van der Waals surface area (Å²) in [5, 5.41) is 7.20. The number of rotatable bonds is 4. The summed E-state index contributed by atoms with van der Waals surface area (Å²) in [6.07, 6.45) is 6.20. The van der Waals surface area contributed by atoms with E-state index in [1.54, 1.807) is 4.90 Å². The molecule has 0 unspecified atom stereocenters. The molecule has 1 aromatic heterocycles. The van der Waals surface area contributed by atoms with Gasteiger partial charge in [-0.2, -0.15) is 5.10 Å². The van der Waals surface area contributed by atoms with Crippen molar-refractivity contribution in [1.82, 2.24) is 20.0 Å². The van der Waals surface area contributed by atoms with Crippen LogP contribution in [0.15, 0.2) is 30.6 Å². The maximum Gasteiger partial charge on any atom is 0.317 e. The molecule has 1 aliphatic heterocycles. The number of carbonyl (C=O) groups is 1. The molecule has 134 valence electrons. The number of carbonyl (C=O) groups excluding carboxylic acids is 1. The summed E-state index contributed by atoms with van der Waals surface area (Å²) < 4.78 is 28.0. The van der Waals surface area contributed by atoms with Gasteiger partial charge >= 0.3 is 6.03 Å². The second-order valence-electron chi connectivity index (χ2n) is 6.47. The number of benzene rings is 1. The summed E-state index contributed by atoms with van der Waals surface area (Å²) in [5.74, 6) is -1.72. The molecule has 1 aromatic carbocycles. The summed E-state index contributed by atoms with van der Waals surface area (Å²) in [6, 6.07) is 3.86. The summed E-state index contributed by atoms with van der Waals surface area (Å²) in [7, 11) is 0. The number of urea groups is 1. The van der Waals surface area contributed by atoms with Gasteiger partial charge in [0.2, 0.25) is 0 Å². The maximum atomic E-state index is 13.2. The number of amides is 2. The molecule has 0 aliphatic carbocycles. The third kappa shape index (κ3) is 4.35. The Balaban J connectivity index is 1.49. The molecule has 1 aliphatic rings. The number of hydrogen-bond donors (Lipinski definition) is 1. The van der Waals surface area contributed by atoms with E-state index in [-0.39, 0.29) is 12.1 Å². The molecular formula is C18H22F2N4O. The number of nitrogens with zero attached hydrogens (tertiary/aromatic N) is 3. The van der Waals surface area contributed by atoms with Gasteiger partial charge in [-0.05, 0) is 49.4 Å². The number of halogens is 2. The zero-order chi connectivity index (χ0) is 17.8. The van der Waals surface area contributed by atoms with E-state index in [1.807, 2.05) is 24.0 Å². The van der Waals surface area contributed by atoms with Gasteiger partial charge < -0.3 is 10.2 Å². The maximum absolute atomic E-state index is 13.2. The first-order chi connectivity index (χ1) is 12.0. The molecule has 2 amide bonds. The van der Waals surface area contributed by atoms with E-state index in [9.17, 15) is 13.6 Å². The molecule has 0 saturated carbocycles. The molecule has 25 heavy (non-hydrogen) atoms. The monoisotopic (exact) mass is 348 g/mol. The summed E-state index contributed by atoms with van der Waals surface area (Å²) >= 11 is 0. The van der Waals surface area contributed by atoms with Crippen molar-refractivity contribution in [3.63, 3.8) is 0 Å². The van der Waals surface area contributed by atoms with Crippen molar-refractivity contribution in [2.75, 3.05) is 19.6 Å². The lowest BCUT2D eigenvalue weighted by Crippen LogP contribution is -2.46. The summed E-state index contributed by atoms with van der Waals surface area (Å²) in [6.45, 7) is 3.72. The Labute approximate surface area is 145 Å². The Kier molecular flexibility index (Phi) is 5.31. The fraction of sp³-hybridized carbons (Fsp3) is 0.444. The molecule has 1 N–H and O–H groups in total. The van der Waals surface area contributed by atoms with Crippen molar-refractivity contribution in [1.29, 1.82) is 0 Å². The number of aryl methyl sites for hydroxylation is 1. The fourth-order valence-electron chi connectivity index (χ4n) is 3.11. The lowest BCUT2D eigenvalue weighted by Gasteiger charge is -2.32. The SMILES string of the molecule is Cc1cnn([C@@H]2CCCN(C(=O)NCCc3ccc(F)c(F)c3)C2)c1. The van der Waals surface area contributed by atoms with Gasteiger partial charge in [0, 0.05) is 25.8 Å². The van der Waals surface area contributed by atoms with E-state index in [0.29, 0.717) is 31.6 Å². The molecule has 1 fully saturated rings. The van der Waals surface area contributed by atoms with Crippen LogP contribution in [-0.4, -0.2) is 40.3 Å². The van der Waals surface area contributed by atoms with Gasteiger partial charge in [0.1, 0.15) is 0 Å². The molecule has 3 rings (SSSR count). The van der Waals surface area contributed by atoms with Crippen molar-refractivity contribution < 1.29 is 13.6 Å². The van der Waals surface area contributed by atoms with Crippen molar-refractivity contribution in [3.8, 4) is 0 Å². The van der Waals surface area contributed by atoms with Gasteiger partial charge in [-0.15, -0.1) is 0 Å². The Morgan fingerprint density at radius 3 is 2.92 bits per heavy atom. The average Bonchev–Trinajstić information content (AvgIpc) is 3.04. The Bertz CT molecular complexity index is 746. The van der Waals surface area contributed by atoms with Gasteiger partial charge in [0.05, 0.1) is 12.2 Å². The van der Waals surface area contributed by atoms with E-state index < -0.39 is 11.6 Å². The van der Waals surface area contributed by atoms with Crippen LogP contribution in [0, 0.1) is 18.6 Å². The second-order valence-corrected chi connectivity index (χ2v) is 6.47. The third-order valence-electron chi connectivity index (χ3n) is 4.46. The Morgan fingerprint density at radius 2 is 2.20 bits per heavy atom. The zero-order valence-electron chi connectivity index (χ0n) is 14.2. The van der Waals surface area contributed by atoms with Crippen LogP contribution in [0.4, 0.5) is 13.6 Å². The molecule has 2 aromatic rings. The standard InChI is InChI=1S/C18H22F2N4O/c1-13-10-22-24(11-13)15-3-2-8-23(12-15)18(25)21-7-6-14-4-5-16(19)17(20)9-14/h4-5,9-11,15H,2-3,6-8,12H2,1H3,(H,21,25)/t15-/m1/s1. The molecule has 1 atom stereocenters. The smallest absolute Gasteiger partial charge is 0.317 e. The van der Waals surface area contributed by atoms with Gasteiger partial charge in [-0.25, -0.2) is 13.6 Å². The van der Waals surface area contributed by atoms with Crippen molar-refractivity contribution in [2.45, 2.75) is 32.2 Å². The van der Waals surface area contributed by atoms with Crippen molar-refractivity contribution >= 4 is 6.03 Å². The van der Waals surface area contributed by atoms with Crippen LogP contribution in [0.25, 0.3) is 0 Å². The third-order valence-corrected chi connectivity index (χ3v) is 4.46. The quantitative estimate of drug-likeness (QED) is 0.923. The highest BCUT2D eigenvalue weighted by atomic mass is 19.2. The van der Waals surface area contributed by atoms with E-state index in [2.05, 4.69) is 10.4 Å². The van der Waals surface area contributed by atoms with Crippen LogP contribution < -0.4 is 5.32 Å². The molecule has 7 heteroatoms. The predicted molar refractivity (Wildman–Crippen MR) is 90.3 cm³/mol. The molecule has 1 saturated heterocycles. The van der Waals surface area contributed by atoms with E-state index >= 15 is 0 Å². The van der Waals surface area contributed by atoms with Crippen LogP contribution in [0.5, 0.6) is 0 Å². The van der Waals surface area contributed by atoms with Crippen LogP contribution in [0.1, 0.15) is 30.0 Å². The topological polar surface area (TPSA) is 50.2 Å². The number of nitrogens with one attached hydrogen (secondary N) is 1. The first kappa shape index (κ1) is 17.4. The minimum absolute atomic E-state index is 0.129. The first-order valence-electron chi connectivity index (χ1n) is 8.50. The van der Waals surface area contributed by atoms with Crippen LogP contribution in [0.2, 0.25) is 0 Å². The van der Waals surface area contributed by atoms with Crippen molar-refractivity contribution in [2.24, 2.45) is 0 Å². The first-order valence-corrected chi connectivity index (χ1v) is 8.50. The minimum Gasteiger partial charge on any atom is -0.338 e. The summed E-state index contributed by atoms with van der Waals surface area (Å²) in [5.41, 5.74) is 1.76. The largest absolute Gasteiger partial charge is 0.338 e. The molecular weight excluding hydrogens is 326 g/mol. The molecule has 5 nitrogen and oxygen atoms in total. The van der Waals surface area contributed by atoms with E-state index in [4.69, 9.17) is 0 Å². The Hall–Kier alpha value is -2.44. The van der Waals surface area contributed by atoms with E-state index in [1.165, 1.54) is 12.1 Å². The lowest BCUT2D eigenvalue weighted by molar-refractivity contribution is 0.163. The molecule has 0 radical (unpaired) electrons. The Morgan fingerprint density at radius 1 is 1.36 bits per heavy atom. The highest BCUT2D eigenvalue weighted by Gasteiger charge is 2.24. The van der Waals surface area contributed by atoms with Crippen LogP contribution >= 0.6 is 0 Å². The number of likely N-dealkylation sites (tertiary alicyclic amines) is 1. The second kappa shape index (κ2) is 7.63. The van der Waals surface area contributed by atoms with E-state index in [0.717, 1.165) is 24.5 Å². The van der Waals surface area contributed by atoms with Crippen LogP contribution in [0.3, 0.4) is 0 Å². The van der Waals surface area contributed by atoms with Gasteiger partial charge in [-0.3, -0.25) is 4.68 Å². The minimum atomic E-state index is -0.864. The number of piperidine rings is 1.